The number of amides is 1. The number of benzene rings is 1. The Morgan fingerprint density at radius 1 is 1.40 bits per heavy atom. The minimum atomic E-state index is 0.00737. The molecule has 0 saturated carbocycles. The molecular weight excluding hydrogens is 318 g/mol. The minimum Gasteiger partial charge on any atom is -0.316 e. The van der Waals surface area contributed by atoms with Crippen LogP contribution < -0.4 is 10.6 Å². The van der Waals surface area contributed by atoms with Gasteiger partial charge in [0.1, 0.15) is 5.82 Å². The van der Waals surface area contributed by atoms with Gasteiger partial charge in [-0.15, -0.1) is 0 Å². The van der Waals surface area contributed by atoms with Gasteiger partial charge in [-0.05, 0) is 53.1 Å². The van der Waals surface area contributed by atoms with E-state index in [0.29, 0.717) is 11.7 Å². The summed E-state index contributed by atoms with van der Waals surface area (Å²) in [4.78, 5) is 16.7. The van der Waals surface area contributed by atoms with Crippen molar-refractivity contribution in [1.29, 1.82) is 0 Å². The van der Waals surface area contributed by atoms with Gasteiger partial charge in [-0.25, -0.2) is 4.98 Å². The van der Waals surface area contributed by atoms with Crippen molar-refractivity contribution in [3.8, 4) is 0 Å². The van der Waals surface area contributed by atoms with Crippen LogP contribution in [0.4, 0.5) is 5.82 Å². The third-order valence-corrected chi connectivity index (χ3v) is 4.50. The Morgan fingerprint density at radius 3 is 2.90 bits per heavy atom. The molecule has 3 rings (SSSR count). The third kappa shape index (κ3) is 2.55. The molecule has 1 aliphatic heterocycles. The van der Waals surface area contributed by atoms with Crippen molar-refractivity contribution in [3.05, 3.63) is 34.8 Å². The molecule has 1 saturated heterocycles. The molecule has 1 amide bonds. The van der Waals surface area contributed by atoms with Gasteiger partial charge in [-0.2, -0.15) is 0 Å². The molecule has 0 spiro atoms. The fraction of sp³-hybridized carbons (Fsp3) is 0.333. The van der Waals surface area contributed by atoms with E-state index in [1.807, 2.05) is 37.3 Å². The summed E-state index contributed by atoms with van der Waals surface area (Å²) in [7, 11) is 0. The van der Waals surface area contributed by atoms with Crippen molar-refractivity contribution < 1.29 is 4.79 Å². The molecule has 1 unspecified atom stereocenters. The lowest BCUT2D eigenvalue weighted by Gasteiger charge is -2.31. The van der Waals surface area contributed by atoms with Crippen LogP contribution in [0.25, 0.3) is 10.9 Å². The fourth-order valence-corrected chi connectivity index (χ4v) is 2.77. The van der Waals surface area contributed by atoms with Gasteiger partial charge in [0.2, 0.25) is 5.91 Å². The number of halogens is 1. The number of aromatic nitrogens is 1. The number of anilines is 1. The second-order valence-corrected chi connectivity index (χ2v) is 6.06. The first kappa shape index (κ1) is 13.5. The Hall–Kier alpha value is -1.46. The fourth-order valence-electron chi connectivity index (χ4n) is 2.30. The second-order valence-electron chi connectivity index (χ2n) is 5.20. The molecule has 0 bridgehead atoms. The van der Waals surface area contributed by atoms with E-state index in [9.17, 15) is 4.79 Å². The highest BCUT2D eigenvalue weighted by atomic mass is 79.9. The third-order valence-electron chi connectivity index (χ3n) is 3.86. The van der Waals surface area contributed by atoms with Gasteiger partial charge >= 0.3 is 0 Å². The summed E-state index contributed by atoms with van der Waals surface area (Å²) in [6.07, 6.45) is 0. The standard InChI is InChI=1S/C15H16BrN3O/c1-9(11-7-17-8-11)15(20)19-13-6-5-10-3-2-4-12(16)14(10)18-13/h2-6,9,11,17H,7-8H2,1H3,(H,18,19,20). The van der Waals surface area contributed by atoms with Gasteiger partial charge in [0, 0.05) is 15.8 Å². The smallest absolute Gasteiger partial charge is 0.228 e. The normalized spacial score (nSPS) is 16.7. The van der Waals surface area contributed by atoms with Gasteiger partial charge < -0.3 is 10.6 Å². The Balaban J connectivity index is 1.80. The molecule has 1 aromatic heterocycles. The zero-order chi connectivity index (χ0) is 14.1. The molecule has 2 aromatic rings. The highest BCUT2D eigenvalue weighted by molar-refractivity contribution is 9.10. The molecule has 1 aromatic carbocycles. The molecule has 1 aliphatic rings. The zero-order valence-corrected chi connectivity index (χ0v) is 12.8. The predicted octanol–water partition coefficient (Wildman–Crippen LogP) is 2.79. The van der Waals surface area contributed by atoms with Crippen molar-refractivity contribution in [1.82, 2.24) is 10.3 Å². The van der Waals surface area contributed by atoms with Crippen molar-refractivity contribution in [2.45, 2.75) is 6.92 Å². The summed E-state index contributed by atoms with van der Waals surface area (Å²) >= 11 is 3.49. The highest BCUT2D eigenvalue weighted by Crippen LogP contribution is 2.24. The molecule has 104 valence electrons. The molecule has 20 heavy (non-hydrogen) atoms. The number of nitrogens with one attached hydrogen (secondary N) is 2. The minimum absolute atomic E-state index is 0.00737. The second kappa shape index (κ2) is 5.50. The van der Waals surface area contributed by atoms with Crippen molar-refractivity contribution in [3.63, 3.8) is 0 Å². The summed E-state index contributed by atoms with van der Waals surface area (Å²) in [6, 6.07) is 9.74. The van der Waals surface area contributed by atoms with Crippen LogP contribution in [0.3, 0.4) is 0 Å². The van der Waals surface area contributed by atoms with E-state index >= 15 is 0 Å². The molecule has 5 heteroatoms. The van der Waals surface area contributed by atoms with Crippen LogP contribution in [-0.4, -0.2) is 24.0 Å². The van der Waals surface area contributed by atoms with Gasteiger partial charge in [-0.3, -0.25) is 4.79 Å². The topological polar surface area (TPSA) is 54.0 Å². The van der Waals surface area contributed by atoms with E-state index < -0.39 is 0 Å². The maximum Gasteiger partial charge on any atom is 0.228 e. The monoisotopic (exact) mass is 333 g/mol. The summed E-state index contributed by atoms with van der Waals surface area (Å²) in [5.41, 5.74) is 0.864. The number of hydrogen-bond acceptors (Lipinski definition) is 3. The Morgan fingerprint density at radius 2 is 2.20 bits per heavy atom. The van der Waals surface area contributed by atoms with Gasteiger partial charge in [-0.1, -0.05) is 19.1 Å². The number of pyridine rings is 1. The van der Waals surface area contributed by atoms with E-state index in [1.54, 1.807) is 0 Å². The number of nitrogens with zero attached hydrogens (tertiary/aromatic N) is 1. The average Bonchev–Trinajstić information content (AvgIpc) is 2.37. The van der Waals surface area contributed by atoms with E-state index in [1.165, 1.54) is 0 Å². The Bertz CT molecular complexity index is 655. The first-order valence-corrected chi connectivity index (χ1v) is 7.51. The Labute approximate surface area is 126 Å². The summed E-state index contributed by atoms with van der Waals surface area (Å²) < 4.78 is 0.933. The molecule has 1 atom stereocenters. The van der Waals surface area contributed by atoms with Gasteiger partial charge in [0.15, 0.2) is 0 Å². The molecule has 2 N–H and O–H groups in total. The summed E-state index contributed by atoms with van der Waals surface area (Å²) in [6.45, 7) is 3.81. The summed E-state index contributed by atoms with van der Waals surface area (Å²) in [5, 5.41) is 7.15. The lowest BCUT2D eigenvalue weighted by Crippen LogP contribution is -2.48. The molecular formula is C15H16BrN3O. The molecule has 2 heterocycles. The largest absolute Gasteiger partial charge is 0.316 e. The highest BCUT2D eigenvalue weighted by Gasteiger charge is 2.28. The van der Waals surface area contributed by atoms with E-state index in [-0.39, 0.29) is 11.8 Å². The van der Waals surface area contributed by atoms with Crippen LogP contribution in [0, 0.1) is 11.8 Å². The van der Waals surface area contributed by atoms with Crippen LogP contribution in [0.2, 0.25) is 0 Å². The number of carbonyl (C=O) groups is 1. The number of fused-ring (bicyclic) bond motifs is 1. The SMILES string of the molecule is CC(C(=O)Nc1ccc2cccc(Br)c2n1)C1CNC1. The number of carbonyl (C=O) groups excluding carboxylic acids is 1. The zero-order valence-electron chi connectivity index (χ0n) is 11.2. The predicted molar refractivity (Wildman–Crippen MR) is 83.6 cm³/mol. The van der Waals surface area contributed by atoms with Gasteiger partial charge in [0.05, 0.1) is 5.52 Å². The van der Waals surface area contributed by atoms with Crippen molar-refractivity contribution >= 4 is 38.6 Å². The lowest BCUT2D eigenvalue weighted by atomic mass is 9.88. The quantitative estimate of drug-likeness (QED) is 0.908. The van der Waals surface area contributed by atoms with Crippen LogP contribution in [0.1, 0.15) is 6.92 Å². The number of hydrogen-bond donors (Lipinski definition) is 2. The van der Waals surface area contributed by atoms with Gasteiger partial charge in [0.25, 0.3) is 0 Å². The number of rotatable bonds is 3. The maximum atomic E-state index is 12.2. The molecule has 1 fully saturated rings. The first-order valence-electron chi connectivity index (χ1n) is 6.72. The molecule has 4 nitrogen and oxygen atoms in total. The van der Waals surface area contributed by atoms with Crippen molar-refractivity contribution in [2.75, 3.05) is 18.4 Å². The maximum absolute atomic E-state index is 12.2. The molecule has 0 aliphatic carbocycles. The van der Waals surface area contributed by atoms with E-state index in [2.05, 4.69) is 31.5 Å². The van der Waals surface area contributed by atoms with Crippen LogP contribution in [-0.2, 0) is 4.79 Å². The average molecular weight is 334 g/mol. The van der Waals surface area contributed by atoms with E-state index in [4.69, 9.17) is 0 Å². The van der Waals surface area contributed by atoms with Crippen LogP contribution in [0.5, 0.6) is 0 Å². The molecule has 0 radical (unpaired) electrons. The lowest BCUT2D eigenvalue weighted by molar-refractivity contribution is -0.121. The van der Waals surface area contributed by atoms with Crippen LogP contribution in [0.15, 0.2) is 34.8 Å². The number of para-hydroxylation sites is 1. The first-order chi connectivity index (χ1) is 9.65. The Kier molecular flexibility index (Phi) is 3.72. The van der Waals surface area contributed by atoms with Crippen molar-refractivity contribution in [2.24, 2.45) is 11.8 Å². The van der Waals surface area contributed by atoms with E-state index in [0.717, 1.165) is 28.5 Å². The summed E-state index contributed by atoms with van der Waals surface area (Å²) in [5.74, 6) is 1.08. The van der Waals surface area contributed by atoms with Crippen LogP contribution >= 0.6 is 15.9 Å².